The van der Waals surface area contributed by atoms with Crippen molar-refractivity contribution < 1.29 is 0 Å². The molecular formula is C26H44S. The van der Waals surface area contributed by atoms with Crippen molar-refractivity contribution in [3.8, 4) is 0 Å². The van der Waals surface area contributed by atoms with Gasteiger partial charge in [-0.15, -0.1) is 12.6 Å². The van der Waals surface area contributed by atoms with Crippen LogP contribution in [0.4, 0.5) is 0 Å². The van der Waals surface area contributed by atoms with Gasteiger partial charge in [-0.2, -0.15) is 0 Å². The van der Waals surface area contributed by atoms with E-state index in [1.807, 2.05) is 48.5 Å². The van der Waals surface area contributed by atoms with Gasteiger partial charge in [-0.25, -0.2) is 0 Å². The van der Waals surface area contributed by atoms with E-state index in [1.165, 1.54) is 33.4 Å². The van der Waals surface area contributed by atoms with Gasteiger partial charge >= 0.3 is 0 Å². The van der Waals surface area contributed by atoms with Crippen LogP contribution in [0.5, 0.6) is 0 Å². The van der Waals surface area contributed by atoms with Gasteiger partial charge in [-0.05, 0) is 74.9 Å². The molecule has 0 N–H and O–H groups in total. The summed E-state index contributed by atoms with van der Waals surface area (Å²) < 4.78 is 0. The fourth-order valence-electron chi connectivity index (χ4n) is 2.65. The van der Waals surface area contributed by atoms with Crippen molar-refractivity contribution in [1.29, 1.82) is 0 Å². The van der Waals surface area contributed by atoms with Crippen LogP contribution >= 0.6 is 12.6 Å². The molecule has 1 rings (SSSR count). The molecule has 0 unspecified atom stereocenters. The lowest BCUT2D eigenvalue weighted by Crippen LogP contribution is -2.00. The minimum Gasteiger partial charge on any atom is -0.143 e. The standard InChI is InChI=1S/C20H26S.3C2H6/c1-7-11-16(10-4)19-14(5)18(13-9-3)20(21)15(6)17(19)12-8-2;3*1-2/h7-13,21H,1-6H3;3*1-2H3/b11-7-,12-8-,13-9-,16-10+;;;. The number of thiol groups is 1. The summed E-state index contributed by atoms with van der Waals surface area (Å²) in [5, 5.41) is 0. The Kier molecular flexibility index (Phi) is 21.6. The molecule has 1 heteroatoms. The van der Waals surface area contributed by atoms with Gasteiger partial charge in [0.15, 0.2) is 0 Å². The Bertz CT molecular complexity index is 626. The number of hydrogen-bond donors (Lipinski definition) is 1. The number of allylic oxidation sites excluding steroid dienone is 6. The zero-order chi connectivity index (χ0) is 22.0. The molecule has 0 spiro atoms. The molecule has 0 saturated heterocycles. The molecule has 1 aromatic carbocycles. The molecule has 154 valence electrons. The largest absolute Gasteiger partial charge is 0.143 e. The Labute approximate surface area is 176 Å². The Morgan fingerprint density at radius 1 is 0.667 bits per heavy atom. The second kappa shape index (κ2) is 19.3. The van der Waals surface area contributed by atoms with E-state index in [9.17, 15) is 0 Å². The highest BCUT2D eigenvalue weighted by molar-refractivity contribution is 7.80. The minimum atomic E-state index is 1.07. The molecule has 0 heterocycles. The predicted octanol–water partition coefficient (Wildman–Crippen LogP) is 9.72. The van der Waals surface area contributed by atoms with Crippen LogP contribution < -0.4 is 0 Å². The monoisotopic (exact) mass is 388 g/mol. The van der Waals surface area contributed by atoms with Gasteiger partial charge < -0.3 is 0 Å². The first kappa shape index (κ1) is 30.3. The summed E-state index contributed by atoms with van der Waals surface area (Å²) in [4.78, 5) is 1.07. The quantitative estimate of drug-likeness (QED) is 0.385. The van der Waals surface area contributed by atoms with Gasteiger partial charge in [0.05, 0.1) is 0 Å². The van der Waals surface area contributed by atoms with Gasteiger partial charge in [0.1, 0.15) is 0 Å². The average Bonchev–Trinajstić information content (AvgIpc) is 2.73. The fraction of sp³-hybridized carbons (Fsp3) is 0.462. The van der Waals surface area contributed by atoms with Crippen LogP contribution in [-0.2, 0) is 0 Å². The van der Waals surface area contributed by atoms with Gasteiger partial charge in [0, 0.05) is 4.90 Å². The molecule has 0 aliphatic heterocycles. The third-order valence-corrected chi connectivity index (χ3v) is 4.25. The van der Waals surface area contributed by atoms with Crippen LogP contribution in [0.25, 0.3) is 17.7 Å². The topological polar surface area (TPSA) is 0 Å². The van der Waals surface area contributed by atoms with Crippen LogP contribution in [0, 0.1) is 13.8 Å². The number of rotatable bonds is 4. The smallest absolute Gasteiger partial charge is 0.0151 e. The molecule has 0 bridgehead atoms. The van der Waals surface area contributed by atoms with Crippen LogP contribution in [0.2, 0.25) is 0 Å². The van der Waals surface area contributed by atoms with E-state index in [1.54, 1.807) is 0 Å². The van der Waals surface area contributed by atoms with E-state index >= 15 is 0 Å². The van der Waals surface area contributed by atoms with Crippen LogP contribution in [0.15, 0.2) is 35.3 Å². The zero-order valence-corrected chi connectivity index (χ0v) is 20.9. The average molecular weight is 389 g/mol. The second-order valence-electron chi connectivity index (χ2n) is 5.04. The zero-order valence-electron chi connectivity index (χ0n) is 20.0. The minimum absolute atomic E-state index is 1.07. The summed E-state index contributed by atoms with van der Waals surface area (Å²) in [5.41, 5.74) is 7.55. The molecule has 0 radical (unpaired) electrons. The highest BCUT2D eigenvalue weighted by Gasteiger charge is 2.16. The van der Waals surface area contributed by atoms with Crippen molar-refractivity contribution in [3.63, 3.8) is 0 Å². The molecular weight excluding hydrogens is 344 g/mol. The van der Waals surface area contributed by atoms with Crippen molar-refractivity contribution in [1.82, 2.24) is 0 Å². The Balaban J connectivity index is -0.000000869. The molecule has 0 atom stereocenters. The predicted molar refractivity (Wildman–Crippen MR) is 135 cm³/mol. The van der Waals surface area contributed by atoms with Crippen molar-refractivity contribution in [3.05, 3.63) is 58.2 Å². The maximum absolute atomic E-state index is 4.75. The van der Waals surface area contributed by atoms with Gasteiger partial charge in [-0.3, -0.25) is 0 Å². The van der Waals surface area contributed by atoms with E-state index in [-0.39, 0.29) is 0 Å². The third kappa shape index (κ3) is 8.84. The first-order chi connectivity index (χ1) is 13.0. The van der Waals surface area contributed by atoms with Crippen molar-refractivity contribution in [2.45, 2.75) is 88.0 Å². The molecule has 0 amide bonds. The SMILES string of the molecule is C/C=C\C(=C/C)c1c(C)c(/C=C\C)c(S)c(C)c1/C=C\C.CC.CC.CC. The number of hydrogen-bond acceptors (Lipinski definition) is 1. The van der Waals surface area contributed by atoms with E-state index in [2.05, 4.69) is 77.2 Å². The van der Waals surface area contributed by atoms with Gasteiger partial charge in [0.25, 0.3) is 0 Å². The van der Waals surface area contributed by atoms with E-state index in [0.29, 0.717) is 0 Å². The van der Waals surface area contributed by atoms with E-state index in [4.69, 9.17) is 12.6 Å². The Hall–Kier alpha value is -1.47. The summed E-state index contributed by atoms with van der Waals surface area (Å²) in [6.07, 6.45) is 14.9. The van der Waals surface area contributed by atoms with Crippen molar-refractivity contribution in [2.75, 3.05) is 0 Å². The van der Waals surface area contributed by atoms with Gasteiger partial charge in [-0.1, -0.05) is 84.1 Å². The normalized spacial score (nSPS) is 10.9. The molecule has 0 aliphatic rings. The highest BCUT2D eigenvalue weighted by atomic mass is 32.1. The highest BCUT2D eigenvalue weighted by Crippen LogP contribution is 2.36. The second-order valence-corrected chi connectivity index (χ2v) is 5.49. The maximum atomic E-state index is 4.75. The van der Waals surface area contributed by atoms with E-state index < -0.39 is 0 Å². The molecule has 0 nitrogen and oxygen atoms in total. The molecule has 0 saturated carbocycles. The Morgan fingerprint density at radius 2 is 1.11 bits per heavy atom. The third-order valence-electron chi connectivity index (χ3n) is 3.68. The lowest BCUT2D eigenvalue weighted by Gasteiger charge is -2.20. The lowest BCUT2D eigenvalue weighted by molar-refractivity contribution is 1.21. The number of benzene rings is 1. The molecule has 1 aromatic rings. The van der Waals surface area contributed by atoms with Crippen LogP contribution in [-0.4, -0.2) is 0 Å². The fourth-order valence-corrected chi connectivity index (χ4v) is 3.02. The molecule has 0 fully saturated rings. The van der Waals surface area contributed by atoms with Crippen molar-refractivity contribution in [2.24, 2.45) is 0 Å². The summed E-state index contributed by atoms with van der Waals surface area (Å²) in [6.45, 7) is 24.6. The first-order valence-corrected chi connectivity index (χ1v) is 10.9. The van der Waals surface area contributed by atoms with E-state index in [0.717, 1.165) is 4.90 Å². The first-order valence-electron chi connectivity index (χ1n) is 10.4. The van der Waals surface area contributed by atoms with Crippen molar-refractivity contribution >= 4 is 30.4 Å². The summed E-state index contributed by atoms with van der Waals surface area (Å²) >= 11 is 4.75. The summed E-state index contributed by atoms with van der Waals surface area (Å²) in [6, 6.07) is 0. The van der Waals surface area contributed by atoms with Crippen LogP contribution in [0.3, 0.4) is 0 Å². The molecule has 0 aliphatic carbocycles. The van der Waals surface area contributed by atoms with Crippen LogP contribution in [0.1, 0.15) is 97.1 Å². The molecule has 27 heavy (non-hydrogen) atoms. The summed E-state index contributed by atoms with van der Waals surface area (Å²) in [5.74, 6) is 0. The lowest BCUT2D eigenvalue weighted by atomic mass is 9.87. The Morgan fingerprint density at radius 3 is 1.48 bits per heavy atom. The summed E-state index contributed by atoms with van der Waals surface area (Å²) in [7, 11) is 0. The van der Waals surface area contributed by atoms with Gasteiger partial charge in [0.2, 0.25) is 0 Å². The molecule has 0 aromatic heterocycles. The maximum Gasteiger partial charge on any atom is 0.0151 e.